The number of nitrogens with two attached hydrogens (primary N) is 1. The minimum atomic E-state index is -1.06. The van der Waals surface area contributed by atoms with Gasteiger partial charge >= 0.3 is 0 Å². The zero-order chi connectivity index (χ0) is 13.6. The van der Waals surface area contributed by atoms with Gasteiger partial charge in [-0.1, -0.05) is 6.08 Å². The van der Waals surface area contributed by atoms with Crippen LogP contribution in [0.1, 0.15) is 6.04 Å². The van der Waals surface area contributed by atoms with E-state index < -0.39 is 18.2 Å². The van der Waals surface area contributed by atoms with Crippen molar-refractivity contribution in [3.05, 3.63) is 30.2 Å². The molecule has 2 aromatic heterocycles. The number of rotatable bonds is 2. The fourth-order valence-electron chi connectivity index (χ4n) is 2.43. The van der Waals surface area contributed by atoms with Crippen LogP contribution >= 0.6 is 0 Å². The molecule has 2 aromatic rings. The van der Waals surface area contributed by atoms with Crippen LogP contribution in [0.15, 0.2) is 30.2 Å². The Morgan fingerprint density at radius 2 is 2.11 bits per heavy atom. The number of imidazole rings is 1. The Balaban J connectivity index is 2.11. The summed E-state index contributed by atoms with van der Waals surface area (Å²) >= 11 is 0. The summed E-state index contributed by atoms with van der Waals surface area (Å²) in [5.74, 6) is 0.315. The number of nitrogens with zero attached hydrogens (tertiary/aromatic N) is 3. The van der Waals surface area contributed by atoms with E-state index in [0.717, 1.165) is 5.52 Å². The van der Waals surface area contributed by atoms with E-state index in [1.165, 1.54) is 0 Å². The lowest BCUT2D eigenvalue weighted by molar-refractivity contribution is 0.0288. The van der Waals surface area contributed by atoms with E-state index in [1.807, 2.05) is 0 Å². The Labute approximate surface area is 108 Å². The molecule has 7 heteroatoms. The van der Waals surface area contributed by atoms with Gasteiger partial charge in [-0.05, 0) is 11.6 Å². The van der Waals surface area contributed by atoms with Gasteiger partial charge in [-0.15, -0.1) is 0 Å². The molecule has 0 bridgehead atoms. The van der Waals surface area contributed by atoms with Crippen molar-refractivity contribution in [1.29, 1.82) is 0 Å². The lowest BCUT2D eigenvalue weighted by atomic mass is 10.1. The number of aromatic nitrogens is 3. The average Bonchev–Trinajstić information content (AvgIpc) is 2.94. The molecule has 0 aromatic carbocycles. The first-order chi connectivity index (χ1) is 9.13. The zero-order valence-electron chi connectivity index (χ0n) is 10.0. The van der Waals surface area contributed by atoms with Gasteiger partial charge in [0.15, 0.2) is 5.82 Å². The Morgan fingerprint density at radius 1 is 1.32 bits per heavy atom. The quantitative estimate of drug-likeness (QED) is 0.527. The summed E-state index contributed by atoms with van der Waals surface area (Å²) in [6.45, 7) is -0.287. The topological polar surface area (TPSA) is 117 Å². The molecule has 7 nitrogen and oxygen atoms in total. The smallest absolute Gasteiger partial charge is 0.151 e. The SMILES string of the molecule is Nc1nccc2c1ncn2[C@@H]1C=C(CO)C(O)[C@@H]1O. The van der Waals surface area contributed by atoms with Gasteiger partial charge in [0.2, 0.25) is 0 Å². The fraction of sp³-hybridized carbons (Fsp3) is 0.333. The van der Waals surface area contributed by atoms with Crippen LogP contribution in [0.4, 0.5) is 5.82 Å². The number of anilines is 1. The maximum atomic E-state index is 10.1. The van der Waals surface area contributed by atoms with E-state index in [-0.39, 0.29) is 6.61 Å². The van der Waals surface area contributed by atoms with E-state index in [4.69, 9.17) is 10.8 Å². The van der Waals surface area contributed by atoms with Crippen molar-refractivity contribution in [1.82, 2.24) is 14.5 Å². The van der Waals surface area contributed by atoms with Crippen molar-refractivity contribution >= 4 is 16.9 Å². The summed E-state index contributed by atoms with van der Waals surface area (Å²) in [7, 11) is 0. The van der Waals surface area contributed by atoms with Crippen LogP contribution in [0.3, 0.4) is 0 Å². The Kier molecular flexibility index (Phi) is 2.74. The van der Waals surface area contributed by atoms with E-state index in [9.17, 15) is 10.2 Å². The Hall–Kier alpha value is -1.96. The lowest BCUT2D eigenvalue weighted by Crippen LogP contribution is -2.29. The first-order valence-electron chi connectivity index (χ1n) is 5.88. The second kappa shape index (κ2) is 4.30. The molecule has 100 valence electrons. The molecule has 0 aliphatic heterocycles. The summed E-state index contributed by atoms with van der Waals surface area (Å²) in [5.41, 5.74) is 7.41. The first-order valence-corrected chi connectivity index (χ1v) is 5.88. The van der Waals surface area contributed by atoms with Crippen LogP contribution in [0.2, 0.25) is 0 Å². The Bertz CT molecular complexity index is 651. The molecule has 2 heterocycles. The standard InChI is InChI=1S/C12H14N4O3/c13-12-9-7(1-2-14-12)16(5-15-9)8-3-6(4-17)10(18)11(8)19/h1-3,5,8,10-11,17-19H,4H2,(H2,13,14)/t8-,10?,11-/m1/s1. The first kappa shape index (κ1) is 12.1. The van der Waals surface area contributed by atoms with Crippen LogP contribution in [0, 0.1) is 0 Å². The average molecular weight is 262 g/mol. The summed E-state index contributed by atoms with van der Waals surface area (Å²) in [5, 5.41) is 29.0. The van der Waals surface area contributed by atoms with Crippen molar-refractivity contribution in [2.45, 2.75) is 18.2 Å². The van der Waals surface area contributed by atoms with Crippen LogP contribution in [-0.2, 0) is 0 Å². The van der Waals surface area contributed by atoms with Gasteiger partial charge in [-0.2, -0.15) is 0 Å². The maximum Gasteiger partial charge on any atom is 0.151 e. The number of fused-ring (bicyclic) bond motifs is 1. The monoisotopic (exact) mass is 262 g/mol. The molecule has 5 N–H and O–H groups in total. The molecule has 0 saturated carbocycles. The summed E-state index contributed by atoms with van der Waals surface area (Å²) < 4.78 is 1.71. The fourth-order valence-corrected chi connectivity index (χ4v) is 2.43. The third-order valence-corrected chi connectivity index (χ3v) is 3.46. The third-order valence-electron chi connectivity index (χ3n) is 3.46. The molecule has 0 saturated heterocycles. The molecule has 0 fully saturated rings. The number of aliphatic hydroxyl groups is 3. The molecule has 1 aliphatic carbocycles. The van der Waals surface area contributed by atoms with E-state index in [2.05, 4.69) is 9.97 Å². The predicted octanol–water partition coefficient (Wildman–Crippen LogP) is -0.791. The van der Waals surface area contributed by atoms with Crippen molar-refractivity contribution in [2.75, 3.05) is 12.3 Å². The predicted molar refractivity (Wildman–Crippen MR) is 68.2 cm³/mol. The van der Waals surface area contributed by atoms with Gasteiger partial charge in [0.05, 0.1) is 24.5 Å². The summed E-state index contributed by atoms with van der Waals surface area (Å²) in [6, 6.07) is 1.26. The molecule has 0 radical (unpaired) electrons. The highest BCUT2D eigenvalue weighted by Crippen LogP contribution is 2.32. The molecule has 19 heavy (non-hydrogen) atoms. The van der Waals surface area contributed by atoms with Gasteiger partial charge in [0.1, 0.15) is 17.7 Å². The van der Waals surface area contributed by atoms with Gasteiger partial charge in [0, 0.05) is 6.20 Å². The highest BCUT2D eigenvalue weighted by molar-refractivity contribution is 5.84. The minimum absolute atomic E-state index is 0.287. The summed E-state index contributed by atoms with van der Waals surface area (Å²) in [4.78, 5) is 8.11. The van der Waals surface area contributed by atoms with Crippen LogP contribution in [-0.4, -0.2) is 48.7 Å². The van der Waals surface area contributed by atoms with Crippen LogP contribution in [0.25, 0.3) is 11.0 Å². The van der Waals surface area contributed by atoms with E-state index in [0.29, 0.717) is 16.9 Å². The van der Waals surface area contributed by atoms with Crippen LogP contribution < -0.4 is 5.73 Å². The molecular weight excluding hydrogens is 248 g/mol. The summed E-state index contributed by atoms with van der Waals surface area (Å²) in [6.07, 6.45) is 2.66. The molecule has 0 amide bonds. The van der Waals surface area contributed by atoms with Crippen LogP contribution in [0.5, 0.6) is 0 Å². The Morgan fingerprint density at radius 3 is 2.79 bits per heavy atom. The van der Waals surface area contributed by atoms with Gasteiger partial charge in [-0.3, -0.25) is 0 Å². The van der Waals surface area contributed by atoms with Gasteiger partial charge < -0.3 is 25.6 Å². The second-order valence-electron chi connectivity index (χ2n) is 4.54. The van der Waals surface area contributed by atoms with Gasteiger partial charge in [0.25, 0.3) is 0 Å². The molecule has 3 atom stereocenters. The molecule has 1 aliphatic rings. The number of aliphatic hydroxyl groups excluding tert-OH is 3. The third kappa shape index (κ3) is 1.71. The number of pyridine rings is 1. The highest BCUT2D eigenvalue weighted by atomic mass is 16.3. The van der Waals surface area contributed by atoms with Crippen molar-refractivity contribution in [3.8, 4) is 0 Å². The zero-order valence-corrected chi connectivity index (χ0v) is 10.0. The van der Waals surface area contributed by atoms with Gasteiger partial charge in [-0.25, -0.2) is 9.97 Å². The molecular formula is C12H14N4O3. The molecule has 0 spiro atoms. The maximum absolute atomic E-state index is 10.1. The van der Waals surface area contributed by atoms with Crippen molar-refractivity contribution in [2.24, 2.45) is 0 Å². The van der Waals surface area contributed by atoms with E-state index in [1.54, 1.807) is 29.2 Å². The number of nitrogen functional groups attached to an aromatic ring is 1. The minimum Gasteiger partial charge on any atom is -0.392 e. The normalized spacial score (nSPS) is 26.9. The second-order valence-corrected chi connectivity index (χ2v) is 4.54. The highest BCUT2D eigenvalue weighted by Gasteiger charge is 2.35. The van der Waals surface area contributed by atoms with Crippen molar-refractivity contribution in [3.63, 3.8) is 0 Å². The molecule has 1 unspecified atom stereocenters. The van der Waals surface area contributed by atoms with E-state index >= 15 is 0 Å². The largest absolute Gasteiger partial charge is 0.392 e. The number of hydrogen-bond donors (Lipinski definition) is 4. The molecule has 3 rings (SSSR count). The van der Waals surface area contributed by atoms with Crippen molar-refractivity contribution < 1.29 is 15.3 Å². The lowest BCUT2D eigenvalue weighted by Gasteiger charge is -2.19. The number of hydrogen-bond acceptors (Lipinski definition) is 6.